The third-order valence-corrected chi connectivity index (χ3v) is 9.06. The van der Waals surface area contributed by atoms with Crippen LogP contribution >= 0.6 is 23.8 Å². The Balaban J connectivity index is 1.21. The molecule has 0 spiro atoms. The van der Waals surface area contributed by atoms with Gasteiger partial charge in [0.1, 0.15) is 11.6 Å². The predicted molar refractivity (Wildman–Crippen MR) is 166 cm³/mol. The second-order valence-corrected chi connectivity index (χ2v) is 12.3. The van der Waals surface area contributed by atoms with Gasteiger partial charge < -0.3 is 25.2 Å². The van der Waals surface area contributed by atoms with E-state index in [1.54, 1.807) is 0 Å². The molecule has 0 amide bonds. The van der Waals surface area contributed by atoms with Gasteiger partial charge in [0.15, 0.2) is 5.11 Å². The molecule has 0 aliphatic carbocycles. The molecule has 2 fully saturated rings. The van der Waals surface area contributed by atoms with Gasteiger partial charge in [-0.2, -0.15) is 9.97 Å². The average molecular weight is 577 g/mol. The minimum atomic E-state index is -0.0757. The summed E-state index contributed by atoms with van der Waals surface area (Å²) in [6, 6.07) is 18.9. The topological polar surface area (TPSA) is 65.5 Å². The van der Waals surface area contributed by atoms with Crippen LogP contribution in [0.1, 0.15) is 49.3 Å². The van der Waals surface area contributed by atoms with E-state index in [0.29, 0.717) is 23.5 Å². The summed E-state index contributed by atoms with van der Waals surface area (Å²) in [6.07, 6.45) is 4.27. The van der Waals surface area contributed by atoms with Crippen LogP contribution in [-0.4, -0.2) is 47.9 Å². The number of thiocarbonyl (C=S) groups is 1. The van der Waals surface area contributed by atoms with E-state index in [1.165, 1.54) is 29.5 Å². The van der Waals surface area contributed by atoms with Crippen LogP contribution in [0.25, 0.3) is 0 Å². The summed E-state index contributed by atoms with van der Waals surface area (Å²) in [5.41, 5.74) is 3.88. The molecule has 3 aliphatic rings. The Morgan fingerprint density at radius 2 is 1.70 bits per heavy atom. The first kappa shape index (κ1) is 27.2. The van der Waals surface area contributed by atoms with E-state index >= 15 is 0 Å². The van der Waals surface area contributed by atoms with Crippen molar-refractivity contribution in [1.29, 1.82) is 0 Å². The smallest absolute Gasteiger partial charge is 0.232 e. The fourth-order valence-electron chi connectivity index (χ4n) is 6.22. The number of anilines is 3. The lowest BCUT2D eigenvalue weighted by molar-refractivity contribution is 0.0515. The van der Waals surface area contributed by atoms with Gasteiger partial charge in [0, 0.05) is 62.4 Å². The van der Waals surface area contributed by atoms with E-state index in [2.05, 4.69) is 69.8 Å². The summed E-state index contributed by atoms with van der Waals surface area (Å²) in [5.74, 6) is 3.06. The summed E-state index contributed by atoms with van der Waals surface area (Å²) >= 11 is 12.0. The zero-order chi connectivity index (χ0) is 27.5. The highest BCUT2D eigenvalue weighted by Gasteiger charge is 2.34. The number of hydrogen-bond donors (Lipinski definition) is 2. The molecule has 40 heavy (non-hydrogen) atoms. The highest BCUT2D eigenvalue weighted by molar-refractivity contribution is 7.80. The van der Waals surface area contributed by atoms with Gasteiger partial charge in [-0.05, 0) is 72.6 Å². The van der Waals surface area contributed by atoms with E-state index in [9.17, 15) is 0 Å². The Morgan fingerprint density at radius 1 is 1.02 bits per heavy atom. The fraction of sp³-hybridized carbons (Fsp3) is 0.452. The fourth-order valence-corrected chi connectivity index (χ4v) is 6.51. The molecule has 0 unspecified atom stereocenters. The van der Waals surface area contributed by atoms with E-state index in [4.69, 9.17) is 38.5 Å². The Kier molecular flexibility index (Phi) is 8.10. The van der Waals surface area contributed by atoms with Crippen LogP contribution in [0.3, 0.4) is 0 Å². The zero-order valence-corrected chi connectivity index (χ0v) is 24.6. The molecule has 3 aromatic rings. The number of halogens is 1. The van der Waals surface area contributed by atoms with Crippen molar-refractivity contribution in [1.82, 2.24) is 15.3 Å². The Bertz CT molecular complexity index is 1320. The molecule has 0 saturated carbocycles. The monoisotopic (exact) mass is 576 g/mol. The average Bonchev–Trinajstić information content (AvgIpc) is 3.42. The number of aromatic nitrogens is 2. The molecule has 2 aromatic carbocycles. The summed E-state index contributed by atoms with van der Waals surface area (Å²) in [4.78, 5) is 14.6. The van der Waals surface area contributed by atoms with Crippen molar-refractivity contribution in [2.24, 2.45) is 5.92 Å². The quantitative estimate of drug-likeness (QED) is 0.351. The molecule has 0 radical (unpaired) electrons. The first-order chi connectivity index (χ1) is 19.5. The summed E-state index contributed by atoms with van der Waals surface area (Å²) in [5, 5.41) is 8.09. The molecular formula is C31H37ClN6OS. The molecular weight excluding hydrogens is 540 g/mol. The van der Waals surface area contributed by atoms with Crippen LogP contribution in [0.2, 0.25) is 5.02 Å². The van der Waals surface area contributed by atoms with Crippen molar-refractivity contribution >= 4 is 46.5 Å². The number of benzene rings is 2. The summed E-state index contributed by atoms with van der Waals surface area (Å²) in [7, 11) is 0. The molecule has 4 heterocycles. The third-order valence-electron chi connectivity index (χ3n) is 8.56. The van der Waals surface area contributed by atoms with Gasteiger partial charge >= 0.3 is 0 Å². The largest absolute Gasteiger partial charge is 0.381 e. The van der Waals surface area contributed by atoms with E-state index in [1.807, 2.05) is 12.1 Å². The normalized spacial score (nSPS) is 20.2. The second-order valence-electron chi connectivity index (χ2n) is 11.4. The van der Waals surface area contributed by atoms with Gasteiger partial charge in [-0.25, -0.2) is 0 Å². The zero-order valence-electron chi connectivity index (χ0n) is 23.0. The van der Waals surface area contributed by atoms with E-state index in [0.717, 1.165) is 68.9 Å². The number of piperidine rings is 1. The Morgan fingerprint density at radius 3 is 2.38 bits per heavy atom. The number of hydrogen-bond acceptors (Lipinski definition) is 6. The molecule has 1 aromatic heterocycles. The maximum absolute atomic E-state index is 6.18. The lowest BCUT2D eigenvalue weighted by atomic mass is 9.74. The van der Waals surface area contributed by atoms with Gasteiger partial charge in [-0.1, -0.05) is 54.9 Å². The van der Waals surface area contributed by atoms with Gasteiger partial charge in [0.25, 0.3) is 0 Å². The Labute approximate surface area is 247 Å². The predicted octanol–water partition coefficient (Wildman–Crippen LogP) is 5.92. The van der Waals surface area contributed by atoms with Crippen molar-refractivity contribution < 1.29 is 4.74 Å². The van der Waals surface area contributed by atoms with Crippen molar-refractivity contribution in [2.75, 3.05) is 48.0 Å². The molecule has 2 N–H and O–H groups in total. The first-order valence-corrected chi connectivity index (χ1v) is 15.1. The van der Waals surface area contributed by atoms with E-state index in [-0.39, 0.29) is 5.41 Å². The lowest BCUT2D eigenvalue weighted by Gasteiger charge is -2.38. The maximum Gasteiger partial charge on any atom is 0.232 e. The molecule has 7 nitrogen and oxygen atoms in total. The third kappa shape index (κ3) is 6.04. The molecule has 2 saturated heterocycles. The number of rotatable bonds is 6. The summed E-state index contributed by atoms with van der Waals surface area (Å²) in [6.45, 7) is 8.17. The van der Waals surface area contributed by atoms with Gasteiger partial charge in [0.05, 0.1) is 0 Å². The standard InChI is InChI=1S/C31H37ClN6OS/c1-22-5-4-14-37(18-22)27-17-28(38-19-23-6-2-3-7-24(23)20-38)35-29(34-27)36-30(40)33-21-31(12-15-39-16-13-31)25-8-10-26(32)11-9-25/h2-3,6-11,17,22H,4-5,12-16,18-21H2,1H3,(H2,33,34,35,36,40)/t22-/m0/s1. The summed E-state index contributed by atoms with van der Waals surface area (Å²) < 4.78 is 5.70. The molecule has 210 valence electrons. The first-order valence-electron chi connectivity index (χ1n) is 14.3. The SMILES string of the molecule is C[C@H]1CCCN(c2cc(N3Cc4ccccc4C3)nc(NC(=S)NCC3(c4ccc(Cl)cc4)CCOCC3)n2)C1. The molecule has 6 rings (SSSR count). The van der Waals surface area contributed by atoms with Crippen molar-refractivity contribution in [3.63, 3.8) is 0 Å². The molecule has 0 bridgehead atoms. The van der Waals surface area contributed by atoms with Crippen LogP contribution < -0.4 is 20.4 Å². The molecule has 3 aliphatic heterocycles. The van der Waals surface area contributed by atoms with Gasteiger partial charge in [0.2, 0.25) is 5.95 Å². The second kappa shape index (κ2) is 11.9. The van der Waals surface area contributed by atoms with Crippen LogP contribution in [0.15, 0.2) is 54.6 Å². The lowest BCUT2D eigenvalue weighted by Crippen LogP contribution is -2.45. The van der Waals surface area contributed by atoms with Crippen LogP contribution in [0.4, 0.5) is 17.6 Å². The van der Waals surface area contributed by atoms with Crippen molar-refractivity contribution in [2.45, 2.75) is 51.1 Å². The maximum atomic E-state index is 6.18. The minimum absolute atomic E-state index is 0.0757. The minimum Gasteiger partial charge on any atom is -0.381 e. The molecule has 1 atom stereocenters. The van der Waals surface area contributed by atoms with Crippen LogP contribution in [0.5, 0.6) is 0 Å². The number of fused-ring (bicyclic) bond motifs is 1. The van der Waals surface area contributed by atoms with Gasteiger partial charge in [-0.15, -0.1) is 0 Å². The van der Waals surface area contributed by atoms with Crippen molar-refractivity contribution in [3.05, 3.63) is 76.3 Å². The number of nitrogens with one attached hydrogen (secondary N) is 2. The van der Waals surface area contributed by atoms with E-state index < -0.39 is 0 Å². The highest BCUT2D eigenvalue weighted by atomic mass is 35.5. The van der Waals surface area contributed by atoms with Crippen LogP contribution in [0, 0.1) is 5.92 Å². The van der Waals surface area contributed by atoms with Crippen molar-refractivity contribution in [3.8, 4) is 0 Å². The number of nitrogens with zero attached hydrogens (tertiary/aromatic N) is 4. The highest BCUT2D eigenvalue weighted by Crippen LogP contribution is 2.35. The van der Waals surface area contributed by atoms with Crippen LogP contribution in [-0.2, 0) is 23.2 Å². The number of ether oxygens (including phenoxy) is 1. The Hall–Kier alpha value is -2.94. The molecule has 9 heteroatoms. The van der Waals surface area contributed by atoms with Gasteiger partial charge in [-0.3, -0.25) is 0 Å².